The number of para-hydroxylation sites is 1. The van der Waals surface area contributed by atoms with Gasteiger partial charge in [0.05, 0.1) is 5.69 Å². The number of rotatable bonds is 5. The quantitative estimate of drug-likeness (QED) is 0.679. The van der Waals surface area contributed by atoms with Crippen molar-refractivity contribution in [3.05, 3.63) is 76.6 Å². The van der Waals surface area contributed by atoms with Gasteiger partial charge in [-0.25, -0.2) is 4.79 Å². The second-order valence-corrected chi connectivity index (χ2v) is 7.36. The summed E-state index contributed by atoms with van der Waals surface area (Å²) < 4.78 is 5.23. The zero-order valence-corrected chi connectivity index (χ0v) is 16.1. The summed E-state index contributed by atoms with van der Waals surface area (Å²) in [6.07, 6.45) is 1.38. The number of benzene rings is 2. The van der Waals surface area contributed by atoms with Gasteiger partial charge in [-0.15, -0.1) is 0 Å². The van der Waals surface area contributed by atoms with Crippen LogP contribution < -0.4 is 15.8 Å². The van der Waals surface area contributed by atoms with Crippen LogP contribution in [0.2, 0.25) is 0 Å². The molecule has 0 bridgehead atoms. The number of nitrogens with zero attached hydrogens (tertiary/aromatic N) is 1. The molecule has 0 unspecified atom stereocenters. The minimum atomic E-state index is -0.647. The summed E-state index contributed by atoms with van der Waals surface area (Å²) in [6, 6.07) is 17.5. The van der Waals surface area contributed by atoms with Crippen LogP contribution in [0.4, 0.5) is 5.69 Å². The molecular weight excluding hydrogens is 368 g/mol. The highest BCUT2D eigenvalue weighted by Crippen LogP contribution is 2.32. The predicted octanol–water partition coefficient (Wildman–Crippen LogP) is 3.04. The summed E-state index contributed by atoms with van der Waals surface area (Å²) in [6.45, 7) is 1.94. The number of carbonyl (C=O) groups excluding carboxylic acids is 2. The monoisotopic (exact) mass is 390 g/mol. The first-order valence-electron chi connectivity index (χ1n) is 9.72. The minimum Gasteiger partial charge on any atom is -0.423 e. The fourth-order valence-electron chi connectivity index (χ4n) is 3.89. The second kappa shape index (κ2) is 7.91. The molecule has 148 valence electrons. The van der Waals surface area contributed by atoms with E-state index in [1.807, 2.05) is 43.3 Å². The maximum absolute atomic E-state index is 13.0. The van der Waals surface area contributed by atoms with Crippen LogP contribution in [0.5, 0.6) is 0 Å². The van der Waals surface area contributed by atoms with Crippen molar-refractivity contribution >= 4 is 28.5 Å². The molecule has 2 atom stereocenters. The van der Waals surface area contributed by atoms with Gasteiger partial charge >= 0.3 is 5.63 Å². The first-order chi connectivity index (χ1) is 14.0. The number of fused-ring (bicyclic) bond motifs is 1. The SMILES string of the molecule is C[C@H](Cc1ccccc1)NC(=O)[C@@H]1CCC(=O)N1c1cc(=O)oc2ccccc12. The van der Waals surface area contributed by atoms with Crippen LogP contribution in [-0.4, -0.2) is 23.9 Å². The van der Waals surface area contributed by atoms with Crippen molar-refractivity contribution in [3.8, 4) is 0 Å². The molecule has 0 saturated carbocycles. The lowest BCUT2D eigenvalue weighted by atomic mass is 10.1. The molecule has 2 heterocycles. The zero-order chi connectivity index (χ0) is 20.4. The van der Waals surface area contributed by atoms with Crippen molar-refractivity contribution < 1.29 is 14.0 Å². The Morgan fingerprint density at radius 3 is 2.66 bits per heavy atom. The van der Waals surface area contributed by atoms with Gasteiger partial charge in [-0.1, -0.05) is 42.5 Å². The Balaban J connectivity index is 1.59. The topological polar surface area (TPSA) is 79.6 Å². The van der Waals surface area contributed by atoms with E-state index in [0.29, 0.717) is 29.5 Å². The molecule has 3 aromatic rings. The summed E-state index contributed by atoms with van der Waals surface area (Å²) in [7, 11) is 0. The van der Waals surface area contributed by atoms with Crippen LogP contribution in [0.15, 0.2) is 69.9 Å². The number of nitrogens with one attached hydrogen (secondary N) is 1. The Morgan fingerprint density at radius 2 is 1.86 bits per heavy atom. The van der Waals surface area contributed by atoms with E-state index >= 15 is 0 Å². The molecule has 29 heavy (non-hydrogen) atoms. The highest BCUT2D eigenvalue weighted by molar-refractivity contribution is 6.08. The van der Waals surface area contributed by atoms with Crippen LogP contribution in [0.3, 0.4) is 0 Å². The standard InChI is InChI=1S/C23H22N2O4/c1-15(13-16-7-3-2-4-8-16)24-23(28)18-11-12-21(26)25(18)19-14-22(27)29-20-10-6-5-9-17(19)20/h2-10,14-15,18H,11-13H2,1H3,(H,24,28)/t15-,18+/m1/s1. The molecule has 0 radical (unpaired) electrons. The van der Waals surface area contributed by atoms with Gasteiger partial charge in [-0.3, -0.25) is 14.5 Å². The molecule has 1 aliphatic heterocycles. The van der Waals surface area contributed by atoms with Crippen LogP contribution >= 0.6 is 0 Å². The van der Waals surface area contributed by atoms with E-state index in [9.17, 15) is 14.4 Å². The molecule has 0 aliphatic carbocycles. The molecule has 1 aromatic heterocycles. The third kappa shape index (κ3) is 3.92. The first kappa shape index (κ1) is 18.9. The van der Waals surface area contributed by atoms with Gasteiger partial charge in [0, 0.05) is 23.9 Å². The summed E-state index contributed by atoms with van der Waals surface area (Å²) >= 11 is 0. The average Bonchev–Trinajstić information content (AvgIpc) is 3.09. The lowest BCUT2D eigenvalue weighted by Crippen LogP contribution is -2.48. The molecule has 2 aromatic carbocycles. The van der Waals surface area contributed by atoms with Crippen molar-refractivity contribution in [2.45, 2.75) is 38.3 Å². The van der Waals surface area contributed by atoms with Crippen LogP contribution in [0.1, 0.15) is 25.3 Å². The fraction of sp³-hybridized carbons (Fsp3) is 0.261. The molecule has 6 heteroatoms. The number of hydrogen-bond acceptors (Lipinski definition) is 4. The largest absolute Gasteiger partial charge is 0.423 e. The maximum Gasteiger partial charge on any atom is 0.338 e. The normalized spacial score (nSPS) is 17.5. The lowest BCUT2D eigenvalue weighted by molar-refractivity contribution is -0.124. The minimum absolute atomic E-state index is 0.0833. The van der Waals surface area contributed by atoms with Crippen LogP contribution in [0.25, 0.3) is 11.0 Å². The van der Waals surface area contributed by atoms with E-state index in [-0.39, 0.29) is 24.3 Å². The number of hydrogen-bond donors (Lipinski definition) is 1. The van der Waals surface area contributed by atoms with Gasteiger partial charge in [0.15, 0.2) is 0 Å². The van der Waals surface area contributed by atoms with Crippen molar-refractivity contribution in [2.75, 3.05) is 4.90 Å². The van der Waals surface area contributed by atoms with Crippen molar-refractivity contribution in [3.63, 3.8) is 0 Å². The molecule has 1 N–H and O–H groups in total. The van der Waals surface area contributed by atoms with Crippen LogP contribution in [0, 0.1) is 0 Å². The Hall–Kier alpha value is -3.41. The molecular formula is C23H22N2O4. The number of anilines is 1. The third-order valence-electron chi connectivity index (χ3n) is 5.18. The first-order valence-corrected chi connectivity index (χ1v) is 9.72. The Morgan fingerprint density at radius 1 is 1.14 bits per heavy atom. The second-order valence-electron chi connectivity index (χ2n) is 7.36. The van der Waals surface area contributed by atoms with E-state index in [2.05, 4.69) is 5.32 Å². The number of carbonyl (C=O) groups is 2. The van der Waals surface area contributed by atoms with Crippen molar-refractivity contribution in [1.82, 2.24) is 5.32 Å². The van der Waals surface area contributed by atoms with Gasteiger partial charge in [-0.2, -0.15) is 0 Å². The maximum atomic E-state index is 13.0. The van der Waals surface area contributed by atoms with Gasteiger partial charge in [0.1, 0.15) is 11.6 Å². The van der Waals surface area contributed by atoms with Gasteiger partial charge in [0.2, 0.25) is 11.8 Å². The molecule has 2 amide bonds. The van der Waals surface area contributed by atoms with E-state index in [4.69, 9.17) is 4.42 Å². The zero-order valence-electron chi connectivity index (χ0n) is 16.1. The Bertz CT molecular complexity index is 1110. The van der Waals surface area contributed by atoms with E-state index < -0.39 is 11.7 Å². The van der Waals surface area contributed by atoms with Crippen molar-refractivity contribution in [2.24, 2.45) is 0 Å². The predicted molar refractivity (Wildman–Crippen MR) is 111 cm³/mol. The molecule has 4 rings (SSSR count). The molecule has 6 nitrogen and oxygen atoms in total. The summed E-state index contributed by atoms with van der Waals surface area (Å²) in [5.74, 6) is -0.381. The van der Waals surface area contributed by atoms with E-state index in [0.717, 1.165) is 5.56 Å². The van der Waals surface area contributed by atoms with Crippen molar-refractivity contribution in [1.29, 1.82) is 0 Å². The van der Waals surface area contributed by atoms with Gasteiger partial charge in [-0.05, 0) is 37.5 Å². The van der Waals surface area contributed by atoms with E-state index in [1.54, 1.807) is 18.2 Å². The molecule has 1 fully saturated rings. The third-order valence-corrected chi connectivity index (χ3v) is 5.18. The molecule has 1 saturated heterocycles. The summed E-state index contributed by atoms with van der Waals surface area (Å²) in [5, 5.41) is 3.66. The highest BCUT2D eigenvalue weighted by Gasteiger charge is 2.38. The van der Waals surface area contributed by atoms with Gasteiger partial charge in [0.25, 0.3) is 0 Å². The Kier molecular flexibility index (Phi) is 5.16. The van der Waals surface area contributed by atoms with Crippen LogP contribution in [-0.2, 0) is 16.0 Å². The summed E-state index contributed by atoms with van der Waals surface area (Å²) in [4.78, 5) is 39.1. The lowest BCUT2D eigenvalue weighted by Gasteiger charge is -2.26. The molecule has 1 aliphatic rings. The number of amides is 2. The smallest absolute Gasteiger partial charge is 0.338 e. The molecule has 0 spiro atoms. The van der Waals surface area contributed by atoms with E-state index in [1.165, 1.54) is 11.0 Å². The highest BCUT2D eigenvalue weighted by atomic mass is 16.4. The Labute approximate surface area is 168 Å². The average molecular weight is 390 g/mol. The summed E-state index contributed by atoms with van der Waals surface area (Å²) in [5.41, 5.74) is 1.41. The van der Waals surface area contributed by atoms with Gasteiger partial charge < -0.3 is 9.73 Å². The fourth-order valence-corrected chi connectivity index (χ4v) is 3.89.